The highest BCUT2D eigenvalue weighted by atomic mass is 16.5. The number of benzene rings is 1. The fourth-order valence-electron chi connectivity index (χ4n) is 3.40. The molecule has 2 atom stereocenters. The summed E-state index contributed by atoms with van der Waals surface area (Å²) in [6.07, 6.45) is 1.55. The number of hydrogen-bond donors (Lipinski definition) is 1. The summed E-state index contributed by atoms with van der Waals surface area (Å²) in [6, 6.07) is 9.71. The molecule has 2 saturated heterocycles. The van der Waals surface area contributed by atoms with Crippen LogP contribution in [0.5, 0.6) is 0 Å². The predicted molar refractivity (Wildman–Crippen MR) is 94.9 cm³/mol. The van der Waals surface area contributed by atoms with E-state index in [0.717, 1.165) is 31.5 Å². The summed E-state index contributed by atoms with van der Waals surface area (Å²) in [5.41, 5.74) is 1.09. The standard InChI is InChI=1S/C19H27N3O3/c1-15(18(23)20-14-16-6-3-2-4-7-16)21-9-11-22(12-10-21)19(24)17-8-5-13-25-17/h2-4,6-7,15,17H,5,8-14H2,1H3,(H,20,23)/t15-,17+/m1/s1. The average Bonchev–Trinajstić information content (AvgIpc) is 3.20. The van der Waals surface area contributed by atoms with Gasteiger partial charge in [0.1, 0.15) is 6.10 Å². The third-order valence-electron chi connectivity index (χ3n) is 5.07. The zero-order valence-electron chi connectivity index (χ0n) is 14.8. The van der Waals surface area contributed by atoms with Crippen molar-refractivity contribution in [1.29, 1.82) is 0 Å². The Kier molecular flexibility index (Phi) is 6.04. The Bertz CT molecular complexity index is 579. The van der Waals surface area contributed by atoms with Crippen LogP contribution in [0.4, 0.5) is 0 Å². The van der Waals surface area contributed by atoms with E-state index in [-0.39, 0.29) is 24.0 Å². The summed E-state index contributed by atoms with van der Waals surface area (Å²) < 4.78 is 5.49. The Hall–Kier alpha value is -1.92. The van der Waals surface area contributed by atoms with E-state index in [0.29, 0.717) is 26.2 Å². The summed E-state index contributed by atoms with van der Waals surface area (Å²) >= 11 is 0. The third-order valence-corrected chi connectivity index (χ3v) is 5.07. The molecule has 0 saturated carbocycles. The highest BCUT2D eigenvalue weighted by molar-refractivity contribution is 5.82. The van der Waals surface area contributed by atoms with Crippen molar-refractivity contribution in [2.24, 2.45) is 0 Å². The Morgan fingerprint density at radius 2 is 1.92 bits per heavy atom. The lowest BCUT2D eigenvalue weighted by atomic mass is 10.1. The summed E-state index contributed by atoms with van der Waals surface area (Å²) in [6.45, 7) is 5.93. The SMILES string of the molecule is C[C@H](C(=O)NCc1ccccc1)N1CCN(C(=O)[C@@H]2CCCO2)CC1. The van der Waals surface area contributed by atoms with Gasteiger partial charge in [-0.1, -0.05) is 30.3 Å². The van der Waals surface area contributed by atoms with Gasteiger partial charge in [0.05, 0.1) is 6.04 Å². The van der Waals surface area contributed by atoms with Crippen molar-refractivity contribution in [2.45, 2.75) is 38.5 Å². The fraction of sp³-hybridized carbons (Fsp3) is 0.579. The molecule has 0 aliphatic carbocycles. The van der Waals surface area contributed by atoms with Gasteiger partial charge in [-0.25, -0.2) is 0 Å². The molecule has 2 amide bonds. The van der Waals surface area contributed by atoms with E-state index in [9.17, 15) is 9.59 Å². The van der Waals surface area contributed by atoms with Gasteiger partial charge in [0.25, 0.3) is 5.91 Å². The molecule has 6 heteroatoms. The molecular weight excluding hydrogens is 318 g/mol. The molecular formula is C19H27N3O3. The van der Waals surface area contributed by atoms with Crippen molar-refractivity contribution in [3.05, 3.63) is 35.9 Å². The van der Waals surface area contributed by atoms with Gasteiger partial charge >= 0.3 is 0 Å². The lowest BCUT2D eigenvalue weighted by Crippen LogP contribution is -2.56. The van der Waals surface area contributed by atoms with Gasteiger partial charge in [-0.15, -0.1) is 0 Å². The molecule has 1 aromatic carbocycles. The zero-order chi connectivity index (χ0) is 17.6. The molecule has 2 aliphatic heterocycles. The molecule has 25 heavy (non-hydrogen) atoms. The van der Waals surface area contributed by atoms with Crippen molar-refractivity contribution >= 4 is 11.8 Å². The lowest BCUT2D eigenvalue weighted by molar-refractivity contribution is -0.143. The summed E-state index contributed by atoms with van der Waals surface area (Å²) in [5.74, 6) is 0.140. The molecule has 2 aliphatic rings. The van der Waals surface area contributed by atoms with Crippen LogP contribution < -0.4 is 5.32 Å². The Morgan fingerprint density at radius 1 is 1.20 bits per heavy atom. The first-order valence-corrected chi connectivity index (χ1v) is 9.11. The molecule has 0 bridgehead atoms. The largest absolute Gasteiger partial charge is 0.368 e. The van der Waals surface area contributed by atoms with Gasteiger partial charge in [-0.05, 0) is 25.3 Å². The fourth-order valence-corrected chi connectivity index (χ4v) is 3.40. The normalized spacial score (nSPS) is 22.6. The van der Waals surface area contributed by atoms with Crippen molar-refractivity contribution in [1.82, 2.24) is 15.1 Å². The average molecular weight is 345 g/mol. The second-order valence-corrected chi connectivity index (χ2v) is 6.74. The number of carbonyl (C=O) groups excluding carboxylic acids is 2. The molecule has 6 nitrogen and oxygen atoms in total. The van der Waals surface area contributed by atoms with E-state index in [4.69, 9.17) is 4.74 Å². The van der Waals surface area contributed by atoms with Gasteiger partial charge in [0.2, 0.25) is 5.91 Å². The van der Waals surface area contributed by atoms with E-state index in [1.807, 2.05) is 42.2 Å². The minimum Gasteiger partial charge on any atom is -0.368 e. The number of rotatable bonds is 5. The van der Waals surface area contributed by atoms with Crippen LogP contribution in [-0.2, 0) is 20.9 Å². The van der Waals surface area contributed by atoms with E-state index in [1.165, 1.54) is 0 Å². The van der Waals surface area contributed by atoms with Crippen molar-refractivity contribution in [2.75, 3.05) is 32.8 Å². The van der Waals surface area contributed by atoms with Crippen molar-refractivity contribution < 1.29 is 14.3 Å². The molecule has 136 valence electrons. The van der Waals surface area contributed by atoms with Crippen LogP contribution in [0.1, 0.15) is 25.3 Å². The number of nitrogens with one attached hydrogen (secondary N) is 1. The van der Waals surface area contributed by atoms with E-state index in [1.54, 1.807) is 0 Å². The number of amides is 2. The molecule has 2 heterocycles. The number of piperazine rings is 1. The minimum absolute atomic E-state index is 0.0303. The minimum atomic E-state index is -0.252. The smallest absolute Gasteiger partial charge is 0.251 e. The highest BCUT2D eigenvalue weighted by Gasteiger charge is 2.32. The summed E-state index contributed by atoms with van der Waals surface area (Å²) in [7, 11) is 0. The molecule has 0 unspecified atom stereocenters. The second kappa shape index (κ2) is 8.45. The molecule has 0 aromatic heterocycles. The maximum absolute atomic E-state index is 12.4. The Morgan fingerprint density at radius 3 is 2.56 bits per heavy atom. The summed E-state index contributed by atoms with van der Waals surface area (Å²) in [4.78, 5) is 28.8. The first kappa shape index (κ1) is 17.9. The van der Waals surface area contributed by atoms with E-state index >= 15 is 0 Å². The zero-order valence-corrected chi connectivity index (χ0v) is 14.8. The Labute approximate surface area is 149 Å². The molecule has 1 aromatic rings. The van der Waals surface area contributed by atoms with Crippen molar-refractivity contribution in [3.63, 3.8) is 0 Å². The van der Waals surface area contributed by atoms with E-state index in [2.05, 4.69) is 10.2 Å². The van der Waals surface area contributed by atoms with Crippen LogP contribution in [0, 0.1) is 0 Å². The monoisotopic (exact) mass is 345 g/mol. The molecule has 1 N–H and O–H groups in total. The molecule has 2 fully saturated rings. The van der Waals surface area contributed by atoms with Gasteiger partial charge in [-0.2, -0.15) is 0 Å². The number of ether oxygens (including phenoxy) is 1. The number of nitrogens with zero attached hydrogens (tertiary/aromatic N) is 2. The molecule has 0 spiro atoms. The third kappa shape index (κ3) is 4.58. The van der Waals surface area contributed by atoms with Crippen molar-refractivity contribution in [3.8, 4) is 0 Å². The second-order valence-electron chi connectivity index (χ2n) is 6.74. The van der Waals surface area contributed by atoms with Crippen LogP contribution in [0.25, 0.3) is 0 Å². The van der Waals surface area contributed by atoms with Gasteiger partial charge < -0.3 is 15.0 Å². The first-order valence-electron chi connectivity index (χ1n) is 9.11. The van der Waals surface area contributed by atoms with Gasteiger partial charge in [-0.3, -0.25) is 14.5 Å². The summed E-state index contributed by atoms with van der Waals surface area (Å²) in [5, 5.41) is 2.99. The van der Waals surface area contributed by atoms with Crippen LogP contribution in [0.15, 0.2) is 30.3 Å². The topological polar surface area (TPSA) is 61.9 Å². The van der Waals surface area contributed by atoms with Crippen LogP contribution >= 0.6 is 0 Å². The Balaban J connectivity index is 1.43. The number of carbonyl (C=O) groups is 2. The first-order chi connectivity index (χ1) is 12.1. The van der Waals surface area contributed by atoms with Crippen LogP contribution in [0.3, 0.4) is 0 Å². The lowest BCUT2D eigenvalue weighted by Gasteiger charge is -2.38. The quantitative estimate of drug-likeness (QED) is 0.865. The van der Waals surface area contributed by atoms with E-state index < -0.39 is 0 Å². The molecule has 0 radical (unpaired) electrons. The van der Waals surface area contributed by atoms with Crippen LogP contribution in [-0.4, -0.2) is 66.5 Å². The highest BCUT2D eigenvalue weighted by Crippen LogP contribution is 2.16. The van der Waals surface area contributed by atoms with Gasteiger partial charge in [0.15, 0.2) is 0 Å². The molecule has 3 rings (SSSR count). The maximum Gasteiger partial charge on any atom is 0.251 e. The maximum atomic E-state index is 12.4. The van der Waals surface area contributed by atoms with Crippen LogP contribution in [0.2, 0.25) is 0 Å². The number of hydrogen-bond acceptors (Lipinski definition) is 4. The predicted octanol–water partition coefficient (Wildman–Crippen LogP) is 1.01. The van der Waals surface area contributed by atoms with Gasteiger partial charge in [0, 0.05) is 39.3 Å².